The second kappa shape index (κ2) is 5.24. The second-order valence-corrected chi connectivity index (χ2v) is 8.43. The van der Waals surface area contributed by atoms with Crippen LogP contribution < -0.4 is 0 Å². The molecule has 0 aliphatic heterocycles. The molecule has 0 spiro atoms. The molecule has 2 unspecified atom stereocenters. The quantitative estimate of drug-likeness (QED) is 0.598. The molecule has 0 amide bonds. The first-order chi connectivity index (χ1) is 3.63. The van der Waals surface area contributed by atoms with Gasteiger partial charge in [0, 0.05) is 0 Å². The smallest absolute Gasteiger partial charge is 0.0125 e. The van der Waals surface area contributed by atoms with E-state index in [4.69, 9.17) is 22.5 Å². The van der Waals surface area contributed by atoms with Crippen LogP contribution in [0.2, 0.25) is 0 Å². The van der Waals surface area contributed by atoms with Crippen molar-refractivity contribution in [3.63, 3.8) is 0 Å². The van der Waals surface area contributed by atoms with Crippen molar-refractivity contribution in [1.82, 2.24) is 0 Å². The summed E-state index contributed by atoms with van der Waals surface area (Å²) in [5, 5.41) is 0. The van der Waals surface area contributed by atoms with E-state index in [2.05, 4.69) is 13.3 Å². The molecule has 2 atom stereocenters. The average molecular weight is 191 g/mol. The maximum absolute atomic E-state index is 5.74. The van der Waals surface area contributed by atoms with Crippen molar-refractivity contribution >= 4 is 37.0 Å². The van der Waals surface area contributed by atoms with Crippen LogP contribution in [-0.2, 0) is 0 Å². The first-order valence-electron chi connectivity index (χ1n) is 2.36. The van der Waals surface area contributed by atoms with Crippen LogP contribution in [0.5, 0.6) is 0 Å². The molecule has 0 N–H and O–H groups in total. The molecule has 0 nitrogen and oxygen atoms in total. The number of hydrogen-bond acceptors (Lipinski definition) is 0. The van der Waals surface area contributed by atoms with Crippen molar-refractivity contribution in [2.24, 2.45) is 0 Å². The van der Waals surface area contributed by atoms with Gasteiger partial charge in [0.2, 0.25) is 0 Å². The second-order valence-electron chi connectivity index (χ2n) is 1.66. The Morgan fingerprint density at radius 2 is 1.25 bits per heavy atom. The molecule has 50 valence electrons. The summed E-state index contributed by atoms with van der Waals surface area (Å²) in [6, 6.07) is 0. The summed E-state index contributed by atoms with van der Waals surface area (Å²) in [7, 11) is -0.458. The minimum absolute atomic E-state index is 0.229. The SMILES string of the molecule is CP(Cl)CCP(C)Cl. The van der Waals surface area contributed by atoms with Crippen LogP contribution in [0.15, 0.2) is 0 Å². The molecular formula is C4H10Cl2P2. The van der Waals surface area contributed by atoms with Crippen molar-refractivity contribution in [2.45, 2.75) is 0 Å². The van der Waals surface area contributed by atoms with E-state index in [1.807, 2.05) is 0 Å². The minimum atomic E-state index is -0.229. The predicted molar refractivity (Wildman–Crippen MR) is 47.1 cm³/mol. The summed E-state index contributed by atoms with van der Waals surface area (Å²) >= 11 is 11.5. The van der Waals surface area contributed by atoms with Gasteiger partial charge in [0.1, 0.15) is 0 Å². The largest absolute Gasteiger partial charge is 0.0967 e. The van der Waals surface area contributed by atoms with Crippen LogP contribution in [0.1, 0.15) is 0 Å². The molecule has 8 heavy (non-hydrogen) atoms. The number of rotatable bonds is 3. The maximum atomic E-state index is 5.74. The minimum Gasteiger partial charge on any atom is -0.0967 e. The summed E-state index contributed by atoms with van der Waals surface area (Å²) in [6.07, 6.45) is 2.23. The van der Waals surface area contributed by atoms with Gasteiger partial charge in [-0.1, -0.05) is 22.5 Å². The molecule has 0 aromatic carbocycles. The molecule has 0 aliphatic carbocycles. The topological polar surface area (TPSA) is 0 Å². The summed E-state index contributed by atoms with van der Waals surface area (Å²) in [4.78, 5) is 0. The van der Waals surface area contributed by atoms with Crippen molar-refractivity contribution < 1.29 is 0 Å². The van der Waals surface area contributed by atoms with Crippen LogP contribution in [0.25, 0.3) is 0 Å². The van der Waals surface area contributed by atoms with E-state index in [0.29, 0.717) is 0 Å². The lowest BCUT2D eigenvalue weighted by atomic mass is 11.0. The van der Waals surface area contributed by atoms with Gasteiger partial charge in [-0.25, -0.2) is 0 Å². The van der Waals surface area contributed by atoms with Gasteiger partial charge in [-0.3, -0.25) is 0 Å². The summed E-state index contributed by atoms with van der Waals surface area (Å²) in [5.74, 6) is 0. The molecule has 0 bridgehead atoms. The number of hydrogen-bond donors (Lipinski definition) is 0. The highest BCUT2D eigenvalue weighted by Crippen LogP contribution is 2.43. The van der Waals surface area contributed by atoms with Crippen molar-refractivity contribution in [2.75, 3.05) is 25.7 Å². The van der Waals surface area contributed by atoms with Gasteiger partial charge in [0.25, 0.3) is 0 Å². The van der Waals surface area contributed by atoms with Crippen molar-refractivity contribution in [3.05, 3.63) is 0 Å². The Labute approximate surface area is 63.0 Å². The predicted octanol–water partition coefficient (Wildman–Crippen LogP) is 3.52. The molecule has 0 aliphatic rings. The first kappa shape index (κ1) is 9.44. The first-order valence-corrected chi connectivity index (χ1v) is 8.12. The summed E-state index contributed by atoms with van der Waals surface area (Å²) in [6.45, 7) is 4.12. The third-order valence-electron chi connectivity index (χ3n) is 0.716. The van der Waals surface area contributed by atoms with E-state index in [1.165, 1.54) is 0 Å². The van der Waals surface area contributed by atoms with Crippen molar-refractivity contribution in [1.29, 1.82) is 0 Å². The molecule has 0 saturated heterocycles. The number of halogens is 2. The van der Waals surface area contributed by atoms with Gasteiger partial charge < -0.3 is 0 Å². The van der Waals surface area contributed by atoms with Gasteiger partial charge in [0.15, 0.2) is 0 Å². The molecule has 0 aromatic rings. The lowest BCUT2D eigenvalue weighted by molar-refractivity contribution is 1.52. The van der Waals surface area contributed by atoms with E-state index in [-0.39, 0.29) is 14.5 Å². The third-order valence-corrected chi connectivity index (χ3v) is 3.76. The molecule has 0 radical (unpaired) electrons. The fourth-order valence-electron chi connectivity index (χ4n) is 0.276. The van der Waals surface area contributed by atoms with E-state index in [1.54, 1.807) is 0 Å². The van der Waals surface area contributed by atoms with E-state index >= 15 is 0 Å². The molecule has 0 saturated carbocycles. The van der Waals surface area contributed by atoms with Crippen LogP contribution in [-0.4, -0.2) is 25.7 Å². The molecule has 0 rings (SSSR count). The highest BCUT2D eigenvalue weighted by atomic mass is 35.7. The normalized spacial score (nSPS) is 18.0. The Balaban J connectivity index is 2.93. The summed E-state index contributed by atoms with van der Waals surface area (Å²) < 4.78 is 0. The highest BCUT2D eigenvalue weighted by molar-refractivity contribution is 7.86. The van der Waals surface area contributed by atoms with E-state index in [9.17, 15) is 0 Å². The van der Waals surface area contributed by atoms with Gasteiger partial charge in [-0.05, 0) is 40.2 Å². The standard InChI is InChI=1S/C4H10Cl2P2/c1-7(5)3-4-8(2)6/h3-4H2,1-2H3. The average Bonchev–Trinajstić information content (AvgIpc) is 1.61. The van der Waals surface area contributed by atoms with Crippen molar-refractivity contribution in [3.8, 4) is 0 Å². The Hall–Kier alpha value is 1.44. The Kier molecular flexibility index (Phi) is 6.19. The highest BCUT2D eigenvalue weighted by Gasteiger charge is 1.98. The molecule has 4 heteroatoms. The Morgan fingerprint density at radius 1 is 1.00 bits per heavy atom. The zero-order valence-corrected chi connectivity index (χ0v) is 8.37. The lowest BCUT2D eigenvalue weighted by Crippen LogP contribution is -1.81. The van der Waals surface area contributed by atoms with Gasteiger partial charge in [0.05, 0.1) is 0 Å². The van der Waals surface area contributed by atoms with Gasteiger partial charge in [-0.2, -0.15) is 0 Å². The molecule has 0 aromatic heterocycles. The molecular weight excluding hydrogens is 181 g/mol. The van der Waals surface area contributed by atoms with Crippen LogP contribution >= 0.6 is 37.0 Å². The van der Waals surface area contributed by atoms with Crippen LogP contribution in [0, 0.1) is 0 Å². The Bertz CT molecular complexity index is 48.0. The zero-order chi connectivity index (χ0) is 6.57. The molecule has 0 heterocycles. The Morgan fingerprint density at radius 3 is 1.38 bits per heavy atom. The van der Waals surface area contributed by atoms with Gasteiger partial charge in [-0.15, -0.1) is 0 Å². The van der Waals surface area contributed by atoms with Gasteiger partial charge >= 0.3 is 0 Å². The van der Waals surface area contributed by atoms with Crippen LogP contribution in [0.3, 0.4) is 0 Å². The third kappa shape index (κ3) is 7.44. The monoisotopic (exact) mass is 190 g/mol. The fraction of sp³-hybridized carbons (Fsp3) is 1.00. The van der Waals surface area contributed by atoms with Crippen LogP contribution in [0.4, 0.5) is 0 Å². The summed E-state index contributed by atoms with van der Waals surface area (Å²) in [5.41, 5.74) is 0. The van der Waals surface area contributed by atoms with E-state index < -0.39 is 0 Å². The maximum Gasteiger partial charge on any atom is -0.0125 e. The lowest BCUT2D eigenvalue weighted by Gasteiger charge is -2.02. The molecule has 0 fully saturated rings. The fourth-order valence-corrected chi connectivity index (χ4v) is 3.84. The zero-order valence-electron chi connectivity index (χ0n) is 5.06. The van der Waals surface area contributed by atoms with E-state index in [0.717, 1.165) is 12.3 Å².